The van der Waals surface area contributed by atoms with Crippen LogP contribution in [0.1, 0.15) is 78.0 Å². The highest BCUT2D eigenvalue weighted by Gasteiger charge is 2.15. The second-order valence-corrected chi connectivity index (χ2v) is 9.34. The van der Waals surface area contributed by atoms with Crippen LogP contribution < -0.4 is 10.5 Å². The van der Waals surface area contributed by atoms with Crippen LogP contribution in [0.5, 0.6) is 5.75 Å². The number of imidazole rings is 1. The molecule has 6 heteroatoms. The number of aliphatic hydroxyl groups excluding tert-OH is 1. The van der Waals surface area contributed by atoms with E-state index in [1.165, 1.54) is 49.6 Å². The third kappa shape index (κ3) is 6.70. The average Bonchev–Trinajstić information content (AvgIpc) is 3.33. The molecule has 3 aromatic rings. The van der Waals surface area contributed by atoms with Gasteiger partial charge in [-0.15, -0.1) is 0 Å². The average molecular weight is 462 g/mol. The number of hydrogen-bond donors (Lipinski definition) is 2. The van der Waals surface area contributed by atoms with Crippen LogP contribution in [0.4, 0.5) is 0 Å². The summed E-state index contributed by atoms with van der Waals surface area (Å²) in [6, 6.07) is 17.1. The summed E-state index contributed by atoms with van der Waals surface area (Å²) in [5.74, 6) is 1.05. The molecule has 3 N–H and O–H groups in total. The monoisotopic (exact) mass is 461 g/mol. The number of aromatic nitrogens is 2. The molecule has 180 valence electrons. The van der Waals surface area contributed by atoms with Crippen molar-refractivity contribution in [3.05, 3.63) is 83.4 Å². The van der Waals surface area contributed by atoms with E-state index in [0.29, 0.717) is 19.6 Å². The maximum absolute atomic E-state index is 11.2. The molecule has 1 atom stereocenters. The number of para-hydroxylation sites is 1. The van der Waals surface area contributed by atoms with Crippen LogP contribution in [0.15, 0.2) is 61.1 Å². The Morgan fingerprint density at radius 1 is 1.12 bits per heavy atom. The lowest BCUT2D eigenvalue weighted by Gasteiger charge is -2.22. The number of rotatable bonds is 11. The lowest BCUT2D eigenvalue weighted by molar-refractivity contribution is 0.0995. The van der Waals surface area contributed by atoms with Gasteiger partial charge >= 0.3 is 0 Å². The number of primary amides is 1. The topological polar surface area (TPSA) is 90.4 Å². The standard InChI is InChI=1S/C28H35N3O3/c29-28(33)26-18-31(20-30-26)17-25(32)11-6-10-24-9-4-5-12-27(24)34-19-21-13-15-23(16-14-21)22-7-2-1-3-8-22/h4-5,9,12-16,18,20,22,25,32H,1-3,6-8,10-11,17,19H2,(H2,29,33). The molecule has 1 aromatic heterocycles. The second kappa shape index (κ2) is 11.8. The van der Waals surface area contributed by atoms with Crippen LogP contribution in [0.3, 0.4) is 0 Å². The van der Waals surface area contributed by atoms with Crippen LogP contribution >= 0.6 is 0 Å². The van der Waals surface area contributed by atoms with Crippen molar-refractivity contribution in [2.24, 2.45) is 5.73 Å². The highest BCUT2D eigenvalue weighted by molar-refractivity contribution is 5.90. The van der Waals surface area contributed by atoms with Gasteiger partial charge in [0.25, 0.3) is 5.91 Å². The summed E-state index contributed by atoms with van der Waals surface area (Å²) >= 11 is 0. The smallest absolute Gasteiger partial charge is 0.268 e. The quantitative estimate of drug-likeness (QED) is 0.421. The van der Waals surface area contributed by atoms with Gasteiger partial charge in [-0.3, -0.25) is 4.79 Å². The van der Waals surface area contributed by atoms with Gasteiger partial charge in [-0.2, -0.15) is 0 Å². The van der Waals surface area contributed by atoms with E-state index in [4.69, 9.17) is 10.5 Å². The first-order valence-corrected chi connectivity index (χ1v) is 12.4. The van der Waals surface area contributed by atoms with E-state index in [9.17, 15) is 9.90 Å². The molecule has 1 unspecified atom stereocenters. The minimum absolute atomic E-state index is 0.210. The molecule has 0 radical (unpaired) electrons. The van der Waals surface area contributed by atoms with Gasteiger partial charge in [-0.1, -0.05) is 61.7 Å². The maximum atomic E-state index is 11.2. The van der Waals surface area contributed by atoms with E-state index in [-0.39, 0.29) is 5.69 Å². The van der Waals surface area contributed by atoms with Crippen LogP contribution in [0.25, 0.3) is 0 Å². The molecular weight excluding hydrogens is 426 g/mol. The zero-order chi connectivity index (χ0) is 23.8. The summed E-state index contributed by atoms with van der Waals surface area (Å²) in [5, 5.41) is 10.4. The van der Waals surface area contributed by atoms with Crippen molar-refractivity contribution in [1.82, 2.24) is 9.55 Å². The molecule has 34 heavy (non-hydrogen) atoms. The molecule has 4 rings (SSSR count). The normalized spacial score (nSPS) is 15.2. The molecule has 1 aliphatic rings. The van der Waals surface area contributed by atoms with Crippen molar-refractivity contribution in [3.63, 3.8) is 0 Å². The van der Waals surface area contributed by atoms with Gasteiger partial charge in [0, 0.05) is 12.7 Å². The second-order valence-electron chi connectivity index (χ2n) is 9.34. The Balaban J connectivity index is 1.25. The fraction of sp³-hybridized carbons (Fsp3) is 0.429. The van der Waals surface area contributed by atoms with Gasteiger partial charge in [0.05, 0.1) is 12.4 Å². The number of ether oxygens (including phenoxy) is 1. The summed E-state index contributed by atoms with van der Waals surface area (Å²) in [7, 11) is 0. The van der Waals surface area contributed by atoms with Gasteiger partial charge in [0.2, 0.25) is 0 Å². The molecule has 1 saturated carbocycles. The molecule has 1 aliphatic carbocycles. The number of hydrogen-bond acceptors (Lipinski definition) is 4. The maximum Gasteiger partial charge on any atom is 0.268 e. The summed E-state index contributed by atoms with van der Waals surface area (Å²) in [6.07, 6.45) is 11.6. The highest BCUT2D eigenvalue weighted by atomic mass is 16.5. The van der Waals surface area contributed by atoms with E-state index in [0.717, 1.165) is 30.1 Å². The summed E-state index contributed by atoms with van der Waals surface area (Å²) < 4.78 is 7.86. The van der Waals surface area contributed by atoms with Crippen molar-refractivity contribution in [2.75, 3.05) is 0 Å². The Bertz CT molecular complexity index is 1050. The number of aryl methyl sites for hydroxylation is 1. The van der Waals surface area contributed by atoms with E-state index < -0.39 is 12.0 Å². The first-order chi connectivity index (χ1) is 16.6. The predicted molar refractivity (Wildman–Crippen MR) is 133 cm³/mol. The zero-order valence-corrected chi connectivity index (χ0v) is 19.7. The van der Waals surface area contributed by atoms with Crippen molar-refractivity contribution >= 4 is 5.91 Å². The number of nitrogens with zero attached hydrogens (tertiary/aromatic N) is 2. The Labute approximate surface area is 201 Å². The van der Waals surface area contributed by atoms with Crippen molar-refractivity contribution in [3.8, 4) is 5.75 Å². The Morgan fingerprint density at radius 2 is 1.88 bits per heavy atom. The Morgan fingerprint density at radius 3 is 2.62 bits per heavy atom. The summed E-state index contributed by atoms with van der Waals surface area (Å²) in [6.45, 7) is 0.933. The van der Waals surface area contributed by atoms with E-state index in [1.807, 2.05) is 18.2 Å². The lowest BCUT2D eigenvalue weighted by Crippen LogP contribution is -2.15. The van der Waals surface area contributed by atoms with Gasteiger partial charge in [0.15, 0.2) is 0 Å². The predicted octanol–water partition coefficient (Wildman–Crippen LogP) is 4.99. The zero-order valence-electron chi connectivity index (χ0n) is 19.7. The third-order valence-corrected chi connectivity index (χ3v) is 6.71. The number of nitrogens with two attached hydrogens (primary N) is 1. The molecular formula is C28H35N3O3. The summed E-state index contributed by atoms with van der Waals surface area (Å²) in [4.78, 5) is 15.1. The SMILES string of the molecule is NC(=O)c1cn(CC(O)CCCc2ccccc2OCc2ccc(C3CCCCC3)cc2)cn1. The number of aliphatic hydroxyl groups is 1. The highest BCUT2D eigenvalue weighted by Crippen LogP contribution is 2.32. The fourth-order valence-electron chi connectivity index (χ4n) is 4.78. The molecule has 2 aromatic carbocycles. The number of carbonyl (C=O) groups is 1. The Kier molecular flexibility index (Phi) is 8.36. The van der Waals surface area contributed by atoms with E-state index in [1.54, 1.807) is 10.8 Å². The van der Waals surface area contributed by atoms with E-state index >= 15 is 0 Å². The van der Waals surface area contributed by atoms with Crippen molar-refractivity contribution in [1.29, 1.82) is 0 Å². The molecule has 0 saturated heterocycles. The molecule has 0 bridgehead atoms. The molecule has 0 aliphatic heterocycles. The van der Waals surface area contributed by atoms with Crippen LogP contribution in [-0.2, 0) is 19.6 Å². The van der Waals surface area contributed by atoms with Crippen molar-refractivity contribution in [2.45, 2.75) is 76.5 Å². The molecule has 6 nitrogen and oxygen atoms in total. The molecule has 1 amide bonds. The van der Waals surface area contributed by atoms with Crippen molar-refractivity contribution < 1.29 is 14.6 Å². The Hall–Kier alpha value is -3.12. The van der Waals surface area contributed by atoms with Gasteiger partial charge < -0.3 is 20.1 Å². The van der Waals surface area contributed by atoms with Gasteiger partial charge in [0.1, 0.15) is 18.1 Å². The van der Waals surface area contributed by atoms with Crippen LogP contribution in [0.2, 0.25) is 0 Å². The van der Waals surface area contributed by atoms with Gasteiger partial charge in [-0.25, -0.2) is 4.98 Å². The largest absolute Gasteiger partial charge is 0.489 e. The van der Waals surface area contributed by atoms with E-state index in [2.05, 4.69) is 35.3 Å². The van der Waals surface area contributed by atoms with Crippen LogP contribution in [0, 0.1) is 0 Å². The minimum Gasteiger partial charge on any atom is -0.489 e. The molecule has 0 spiro atoms. The number of carbonyl (C=O) groups excluding carboxylic acids is 1. The summed E-state index contributed by atoms with van der Waals surface area (Å²) in [5.41, 5.74) is 9.23. The molecule has 1 fully saturated rings. The first kappa shape index (κ1) is 24.0. The first-order valence-electron chi connectivity index (χ1n) is 12.4. The minimum atomic E-state index is -0.565. The lowest BCUT2D eigenvalue weighted by atomic mass is 9.84. The number of amides is 1. The number of benzene rings is 2. The third-order valence-electron chi connectivity index (χ3n) is 6.71. The fourth-order valence-corrected chi connectivity index (χ4v) is 4.78. The van der Waals surface area contributed by atoms with Crippen LogP contribution in [-0.4, -0.2) is 26.7 Å². The van der Waals surface area contributed by atoms with Gasteiger partial charge in [-0.05, 0) is 60.8 Å². The molecule has 1 heterocycles.